The van der Waals surface area contributed by atoms with Crippen LogP contribution in [0.4, 0.5) is 0 Å². The number of hydrogen-bond donors (Lipinski definition) is 1. The van der Waals surface area contributed by atoms with Gasteiger partial charge in [-0.15, -0.1) is 0 Å². The molecule has 1 aliphatic heterocycles. The molecule has 112 valence electrons. The first-order valence-electron chi connectivity index (χ1n) is 7.25. The Morgan fingerprint density at radius 2 is 2.11 bits per heavy atom. The van der Waals surface area contributed by atoms with Gasteiger partial charge in [-0.2, -0.15) is 11.8 Å². The molecule has 0 saturated carbocycles. The van der Waals surface area contributed by atoms with Crippen molar-refractivity contribution in [3.05, 3.63) is 0 Å². The summed E-state index contributed by atoms with van der Waals surface area (Å²) in [6.07, 6.45) is 3.09. The third-order valence-corrected chi connectivity index (χ3v) is 4.45. The lowest BCUT2D eigenvalue weighted by Crippen LogP contribution is -2.42. The van der Waals surface area contributed by atoms with Crippen molar-refractivity contribution in [1.29, 1.82) is 0 Å². The van der Waals surface area contributed by atoms with E-state index in [0.717, 1.165) is 38.2 Å². The molecule has 0 bridgehead atoms. The van der Waals surface area contributed by atoms with Crippen LogP contribution in [0.1, 0.15) is 40.0 Å². The fraction of sp³-hybridized carbons (Fsp3) is 0.929. The number of thioether (sulfide) groups is 1. The van der Waals surface area contributed by atoms with E-state index in [4.69, 9.17) is 9.47 Å². The van der Waals surface area contributed by atoms with E-state index in [1.807, 2.05) is 18.7 Å². The number of nitrogens with one attached hydrogen (secondary N) is 1. The summed E-state index contributed by atoms with van der Waals surface area (Å²) in [7, 11) is 0. The van der Waals surface area contributed by atoms with E-state index in [0.29, 0.717) is 17.9 Å². The van der Waals surface area contributed by atoms with Gasteiger partial charge in [0.05, 0.1) is 6.61 Å². The van der Waals surface area contributed by atoms with E-state index in [1.54, 1.807) is 0 Å². The van der Waals surface area contributed by atoms with Gasteiger partial charge in [-0.05, 0) is 31.9 Å². The van der Waals surface area contributed by atoms with Crippen LogP contribution < -0.4 is 5.32 Å². The Morgan fingerprint density at radius 1 is 1.42 bits per heavy atom. The molecule has 1 N–H and O–H groups in total. The van der Waals surface area contributed by atoms with Gasteiger partial charge in [0.2, 0.25) is 0 Å². The van der Waals surface area contributed by atoms with Gasteiger partial charge in [-0.1, -0.05) is 13.8 Å². The van der Waals surface area contributed by atoms with Gasteiger partial charge < -0.3 is 14.8 Å². The molecule has 1 unspecified atom stereocenters. The van der Waals surface area contributed by atoms with Gasteiger partial charge in [0.15, 0.2) is 0 Å². The molecule has 19 heavy (non-hydrogen) atoms. The van der Waals surface area contributed by atoms with Crippen LogP contribution >= 0.6 is 11.8 Å². The van der Waals surface area contributed by atoms with Gasteiger partial charge >= 0.3 is 5.97 Å². The molecule has 5 heteroatoms. The number of hydrogen-bond acceptors (Lipinski definition) is 5. The Balaban J connectivity index is 2.28. The highest BCUT2D eigenvalue weighted by Gasteiger charge is 2.21. The van der Waals surface area contributed by atoms with Crippen molar-refractivity contribution in [2.24, 2.45) is 0 Å². The zero-order valence-corrected chi connectivity index (χ0v) is 13.1. The molecule has 0 aromatic rings. The van der Waals surface area contributed by atoms with Crippen molar-refractivity contribution in [3.63, 3.8) is 0 Å². The molecule has 1 saturated heterocycles. The van der Waals surface area contributed by atoms with Gasteiger partial charge in [-0.3, -0.25) is 4.79 Å². The minimum absolute atomic E-state index is 0.122. The van der Waals surface area contributed by atoms with Gasteiger partial charge in [0, 0.05) is 24.5 Å². The first-order chi connectivity index (χ1) is 9.13. The zero-order valence-electron chi connectivity index (χ0n) is 12.3. The summed E-state index contributed by atoms with van der Waals surface area (Å²) in [5.41, 5.74) is 0. The van der Waals surface area contributed by atoms with Crippen LogP contribution in [0.2, 0.25) is 0 Å². The van der Waals surface area contributed by atoms with Crippen molar-refractivity contribution in [2.45, 2.75) is 57.4 Å². The van der Waals surface area contributed by atoms with Crippen LogP contribution in [0.25, 0.3) is 0 Å². The molecule has 1 heterocycles. The minimum Gasteiger partial charge on any atom is -0.465 e. The van der Waals surface area contributed by atoms with Crippen LogP contribution in [-0.2, 0) is 14.3 Å². The third-order valence-electron chi connectivity index (χ3n) is 3.03. The average molecular weight is 289 g/mol. The van der Waals surface area contributed by atoms with E-state index < -0.39 is 0 Å². The van der Waals surface area contributed by atoms with Crippen molar-refractivity contribution in [3.8, 4) is 0 Å². The number of ether oxygens (including phenoxy) is 2. The standard InChI is InChI=1S/C14H27NO3S/c1-4-18-14(16)13(15-11(2)3)7-10-19-12-5-8-17-9-6-12/h11-13,15H,4-10H2,1-3H3. The number of rotatable bonds is 8. The van der Waals surface area contributed by atoms with Gasteiger partial charge in [-0.25, -0.2) is 0 Å². The molecule has 0 amide bonds. The Kier molecular flexibility index (Phi) is 8.50. The van der Waals surface area contributed by atoms with Crippen LogP contribution in [0, 0.1) is 0 Å². The van der Waals surface area contributed by atoms with Crippen LogP contribution in [0.3, 0.4) is 0 Å². The molecule has 1 fully saturated rings. The first-order valence-corrected chi connectivity index (χ1v) is 8.30. The van der Waals surface area contributed by atoms with Gasteiger partial charge in [0.25, 0.3) is 0 Å². The summed E-state index contributed by atoms with van der Waals surface area (Å²) in [6.45, 7) is 8.16. The summed E-state index contributed by atoms with van der Waals surface area (Å²) in [5.74, 6) is 0.872. The Labute approximate surface area is 121 Å². The zero-order chi connectivity index (χ0) is 14.1. The molecule has 1 rings (SSSR count). The van der Waals surface area contributed by atoms with Crippen LogP contribution in [0.5, 0.6) is 0 Å². The molecule has 0 spiro atoms. The van der Waals surface area contributed by atoms with Crippen LogP contribution in [-0.4, -0.2) is 48.9 Å². The maximum atomic E-state index is 11.8. The molecule has 0 aromatic carbocycles. The summed E-state index contributed by atoms with van der Waals surface area (Å²) in [4.78, 5) is 11.8. The molecule has 1 atom stereocenters. The molecule has 0 radical (unpaired) electrons. The monoisotopic (exact) mass is 289 g/mol. The summed E-state index contributed by atoms with van der Waals surface area (Å²) in [5, 5.41) is 3.98. The third kappa shape index (κ3) is 7.18. The maximum Gasteiger partial charge on any atom is 0.323 e. The molecule has 4 nitrogen and oxygen atoms in total. The van der Waals surface area contributed by atoms with E-state index in [2.05, 4.69) is 19.2 Å². The summed E-state index contributed by atoms with van der Waals surface area (Å²) in [6, 6.07) is 0.120. The summed E-state index contributed by atoms with van der Waals surface area (Å²) >= 11 is 1.96. The number of carbonyl (C=O) groups excluding carboxylic acids is 1. The quantitative estimate of drug-likeness (QED) is 0.694. The highest BCUT2D eigenvalue weighted by molar-refractivity contribution is 7.99. The highest BCUT2D eigenvalue weighted by atomic mass is 32.2. The van der Waals surface area contributed by atoms with Gasteiger partial charge in [0.1, 0.15) is 6.04 Å². The predicted molar refractivity (Wildman–Crippen MR) is 79.6 cm³/mol. The second kappa shape index (κ2) is 9.61. The van der Waals surface area contributed by atoms with E-state index in [-0.39, 0.29) is 12.0 Å². The normalized spacial score (nSPS) is 18.5. The molecule has 1 aliphatic rings. The molecular formula is C14H27NO3S. The van der Waals surface area contributed by atoms with Crippen LogP contribution in [0.15, 0.2) is 0 Å². The second-order valence-corrected chi connectivity index (χ2v) is 6.51. The average Bonchev–Trinajstić information content (AvgIpc) is 2.38. The second-order valence-electron chi connectivity index (χ2n) is 5.10. The summed E-state index contributed by atoms with van der Waals surface area (Å²) < 4.78 is 10.5. The van der Waals surface area contributed by atoms with Crippen molar-refractivity contribution in [1.82, 2.24) is 5.32 Å². The van der Waals surface area contributed by atoms with Crippen molar-refractivity contribution >= 4 is 17.7 Å². The molecular weight excluding hydrogens is 262 g/mol. The smallest absolute Gasteiger partial charge is 0.323 e. The Hall–Kier alpha value is -0.260. The Bertz CT molecular complexity index is 255. The predicted octanol–water partition coefficient (Wildman–Crippen LogP) is 2.22. The van der Waals surface area contributed by atoms with E-state index in [1.165, 1.54) is 0 Å². The number of esters is 1. The SMILES string of the molecule is CCOC(=O)C(CCSC1CCOCC1)NC(C)C. The van der Waals surface area contributed by atoms with Crippen molar-refractivity contribution < 1.29 is 14.3 Å². The fourth-order valence-electron chi connectivity index (χ4n) is 2.11. The van der Waals surface area contributed by atoms with Crippen molar-refractivity contribution in [2.75, 3.05) is 25.6 Å². The molecule has 0 aromatic heterocycles. The maximum absolute atomic E-state index is 11.8. The first kappa shape index (κ1) is 16.8. The lowest BCUT2D eigenvalue weighted by atomic mass is 10.2. The highest BCUT2D eigenvalue weighted by Crippen LogP contribution is 2.23. The Morgan fingerprint density at radius 3 is 2.68 bits per heavy atom. The lowest BCUT2D eigenvalue weighted by molar-refractivity contribution is -0.145. The topological polar surface area (TPSA) is 47.6 Å². The largest absolute Gasteiger partial charge is 0.465 e. The fourth-order valence-corrected chi connectivity index (χ4v) is 3.34. The minimum atomic E-state index is -0.174. The number of carbonyl (C=O) groups is 1. The molecule has 0 aliphatic carbocycles. The lowest BCUT2D eigenvalue weighted by Gasteiger charge is -2.23. The van der Waals surface area contributed by atoms with E-state index >= 15 is 0 Å². The van der Waals surface area contributed by atoms with E-state index in [9.17, 15) is 4.79 Å².